The zero-order valence-corrected chi connectivity index (χ0v) is 20.2. The Morgan fingerprint density at radius 2 is 1.36 bits per heavy atom. The Bertz CT molecular complexity index is 995. The van der Waals surface area contributed by atoms with E-state index in [0.29, 0.717) is 30.8 Å². The van der Waals surface area contributed by atoms with Crippen LogP contribution in [-0.4, -0.2) is 74.2 Å². The molecule has 2 heterocycles. The molecule has 2 fully saturated rings. The molecular weight excluding hydrogens is 434 g/mol. The lowest BCUT2D eigenvalue weighted by Crippen LogP contribution is -2.49. The molecule has 33 heavy (non-hydrogen) atoms. The van der Waals surface area contributed by atoms with Crippen LogP contribution in [0, 0.1) is 0 Å². The molecule has 0 bridgehead atoms. The topological polar surface area (TPSA) is 60.9 Å². The number of nitrogens with zero attached hydrogens (tertiary/aromatic N) is 3. The third-order valence-corrected chi connectivity index (χ3v) is 8.70. The van der Waals surface area contributed by atoms with Gasteiger partial charge in [-0.2, -0.15) is 4.31 Å². The standard InChI is InChI=1S/C26H35N3O3S/c30-26(28-21-19-27(20-22-28)18-15-23-7-3-1-4-8-23)14-11-24-9-12-25(13-10-24)33(31,32)29-16-5-2-6-17-29/h1,3-4,7-10,12-13H,2,5-6,11,14-22H2. The van der Waals surface area contributed by atoms with Crippen LogP contribution in [-0.2, 0) is 27.7 Å². The average Bonchev–Trinajstić information content (AvgIpc) is 2.88. The van der Waals surface area contributed by atoms with E-state index in [1.54, 1.807) is 16.4 Å². The molecule has 0 N–H and O–H groups in total. The summed E-state index contributed by atoms with van der Waals surface area (Å²) in [5.41, 5.74) is 2.35. The van der Waals surface area contributed by atoms with Gasteiger partial charge in [0.1, 0.15) is 0 Å². The minimum atomic E-state index is -3.40. The van der Waals surface area contributed by atoms with Crippen LogP contribution < -0.4 is 0 Å². The third kappa shape index (κ3) is 6.43. The Labute approximate surface area is 198 Å². The molecule has 2 aliphatic heterocycles. The van der Waals surface area contributed by atoms with Crippen LogP contribution >= 0.6 is 0 Å². The Morgan fingerprint density at radius 3 is 2.03 bits per heavy atom. The molecule has 2 saturated heterocycles. The molecule has 7 heteroatoms. The van der Waals surface area contributed by atoms with Crippen molar-refractivity contribution in [2.24, 2.45) is 0 Å². The second-order valence-corrected chi connectivity index (χ2v) is 11.0. The quantitative estimate of drug-likeness (QED) is 0.596. The lowest BCUT2D eigenvalue weighted by atomic mass is 10.1. The van der Waals surface area contributed by atoms with Crippen LogP contribution in [0.5, 0.6) is 0 Å². The molecule has 0 aliphatic carbocycles. The van der Waals surface area contributed by atoms with Crippen molar-refractivity contribution < 1.29 is 13.2 Å². The summed E-state index contributed by atoms with van der Waals surface area (Å²) in [5.74, 6) is 0.183. The predicted molar refractivity (Wildman–Crippen MR) is 131 cm³/mol. The summed E-state index contributed by atoms with van der Waals surface area (Å²) in [4.78, 5) is 17.4. The van der Waals surface area contributed by atoms with Crippen molar-refractivity contribution in [2.75, 3.05) is 45.8 Å². The van der Waals surface area contributed by atoms with Crippen LogP contribution in [0.4, 0.5) is 0 Å². The molecule has 0 unspecified atom stereocenters. The summed E-state index contributed by atoms with van der Waals surface area (Å²) < 4.78 is 27.2. The highest BCUT2D eigenvalue weighted by molar-refractivity contribution is 7.89. The van der Waals surface area contributed by atoms with E-state index < -0.39 is 10.0 Å². The van der Waals surface area contributed by atoms with E-state index in [-0.39, 0.29) is 5.91 Å². The van der Waals surface area contributed by atoms with Crippen molar-refractivity contribution >= 4 is 15.9 Å². The molecule has 0 spiro atoms. The smallest absolute Gasteiger partial charge is 0.243 e. The van der Waals surface area contributed by atoms with Crippen LogP contribution in [0.3, 0.4) is 0 Å². The fourth-order valence-corrected chi connectivity index (χ4v) is 6.16. The van der Waals surface area contributed by atoms with E-state index in [1.165, 1.54) is 5.56 Å². The van der Waals surface area contributed by atoms with Crippen LogP contribution in [0.1, 0.15) is 36.8 Å². The first-order valence-corrected chi connectivity index (χ1v) is 13.6. The van der Waals surface area contributed by atoms with E-state index in [4.69, 9.17) is 0 Å². The van der Waals surface area contributed by atoms with Gasteiger partial charge in [-0.05, 0) is 48.9 Å². The number of piperidine rings is 1. The highest BCUT2D eigenvalue weighted by Crippen LogP contribution is 2.21. The maximum absolute atomic E-state index is 12.8. The molecule has 4 rings (SSSR count). The minimum absolute atomic E-state index is 0.183. The van der Waals surface area contributed by atoms with Gasteiger partial charge in [-0.15, -0.1) is 0 Å². The number of benzene rings is 2. The second kappa shape index (κ2) is 11.3. The van der Waals surface area contributed by atoms with Crippen molar-refractivity contribution in [3.05, 3.63) is 65.7 Å². The van der Waals surface area contributed by atoms with E-state index in [1.807, 2.05) is 23.1 Å². The fourth-order valence-electron chi connectivity index (χ4n) is 4.64. The minimum Gasteiger partial charge on any atom is -0.340 e. The molecule has 6 nitrogen and oxygen atoms in total. The van der Waals surface area contributed by atoms with Crippen LogP contribution in [0.25, 0.3) is 0 Å². The number of piperazine rings is 1. The number of carbonyl (C=O) groups excluding carboxylic acids is 1. The molecule has 0 aromatic heterocycles. The lowest BCUT2D eigenvalue weighted by Gasteiger charge is -2.34. The van der Waals surface area contributed by atoms with Crippen LogP contribution in [0.15, 0.2) is 59.5 Å². The number of carbonyl (C=O) groups is 1. The van der Waals surface area contributed by atoms with Gasteiger partial charge in [-0.25, -0.2) is 8.42 Å². The molecule has 0 atom stereocenters. The normalized spacial score (nSPS) is 18.4. The molecular formula is C26H35N3O3S. The number of aryl methyl sites for hydroxylation is 1. The first-order valence-electron chi connectivity index (χ1n) is 12.2. The molecule has 178 valence electrons. The Morgan fingerprint density at radius 1 is 0.727 bits per heavy atom. The van der Waals surface area contributed by atoms with Crippen molar-refractivity contribution in [2.45, 2.75) is 43.4 Å². The first-order chi connectivity index (χ1) is 16.0. The number of hydrogen-bond donors (Lipinski definition) is 0. The highest BCUT2D eigenvalue weighted by atomic mass is 32.2. The average molecular weight is 470 g/mol. The van der Waals surface area contributed by atoms with Gasteiger partial charge in [0.15, 0.2) is 0 Å². The summed E-state index contributed by atoms with van der Waals surface area (Å²) in [5, 5.41) is 0. The largest absolute Gasteiger partial charge is 0.340 e. The van der Waals surface area contributed by atoms with Crippen molar-refractivity contribution in [3.63, 3.8) is 0 Å². The van der Waals surface area contributed by atoms with Gasteiger partial charge in [-0.1, -0.05) is 48.9 Å². The summed E-state index contributed by atoms with van der Waals surface area (Å²) in [6.07, 6.45) is 5.10. The predicted octanol–water partition coefficient (Wildman–Crippen LogP) is 3.18. The number of amides is 1. The number of rotatable bonds is 8. The van der Waals surface area contributed by atoms with E-state index >= 15 is 0 Å². The first kappa shape index (κ1) is 23.9. The van der Waals surface area contributed by atoms with Gasteiger partial charge >= 0.3 is 0 Å². The number of hydrogen-bond acceptors (Lipinski definition) is 4. The third-order valence-electron chi connectivity index (χ3n) is 6.79. The molecule has 2 aliphatic rings. The summed E-state index contributed by atoms with van der Waals surface area (Å²) in [7, 11) is -3.40. The van der Waals surface area contributed by atoms with Crippen molar-refractivity contribution in [1.29, 1.82) is 0 Å². The Balaban J connectivity index is 1.20. The van der Waals surface area contributed by atoms with Gasteiger partial charge in [0.25, 0.3) is 0 Å². The number of sulfonamides is 1. The lowest BCUT2D eigenvalue weighted by molar-refractivity contribution is -0.132. The highest BCUT2D eigenvalue weighted by Gasteiger charge is 2.26. The van der Waals surface area contributed by atoms with Gasteiger partial charge in [0.05, 0.1) is 4.90 Å². The zero-order valence-electron chi connectivity index (χ0n) is 19.4. The second-order valence-electron chi connectivity index (χ2n) is 9.07. The van der Waals surface area contributed by atoms with E-state index in [2.05, 4.69) is 29.2 Å². The van der Waals surface area contributed by atoms with Gasteiger partial charge < -0.3 is 4.90 Å². The Hall–Kier alpha value is -2.22. The van der Waals surface area contributed by atoms with Crippen LogP contribution in [0.2, 0.25) is 0 Å². The summed E-state index contributed by atoms with van der Waals surface area (Å²) in [6.45, 7) is 5.64. The van der Waals surface area contributed by atoms with Gasteiger partial charge in [0, 0.05) is 52.2 Å². The summed E-state index contributed by atoms with van der Waals surface area (Å²) >= 11 is 0. The fraction of sp³-hybridized carbons (Fsp3) is 0.500. The molecule has 1 amide bonds. The molecule has 2 aromatic carbocycles. The van der Waals surface area contributed by atoms with Crippen molar-refractivity contribution in [1.82, 2.24) is 14.1 Å². The van der Waals surface area contributed by atoms with Gasteiger partial charge in [0.2, 0.25) is 15.9 Å². The SMILES string of the molecule is O=C(CCc1ccc(S(=O)(=O)N2CCCCC2)cc1)N1CCN(CCc2ccccc2)CC1. The van der Waals surface area contributed by atoms with Gasteiger partial charge in [-0.3, -0.25) is 9.69 Å². The zero-order chi connectivity index (χ0) is 23.1. The monoisotopic (exact) mass is 469 g/mol. The summed E-state index contributed by atoms with van der Waals surface area (Å²) in [6, 6.07) is 17.6. The molecule has 0 radical (unpaired) electrons. The van der Waals surface area contributed by atoms with E-state index in [0.717, 1.165) is 64.0 Å². The Kier molecular flexibility index (Phi) is 8.17. The molecule has 2 aromatic rings. The van der Waals surface area contributed by atoms with Crippen molar-refractivity contribution in [3.8, 4) is 0 Å². The molecule has 0 saturated carbocycles. The maximum Gasteiger partial charge on any atom is 0.243 e. The van der Waals surface area contributed by atoms with E-state index in [9.17, 15) is 13.2 Å². The maximum atomic E-state index is 12.8.